The molecule has 0 aliphatic carbocycles. The van der Waals surface area contributed by atoms with E-state index < -0.39 is 0 Å². The van der Waals surface area contributed by atoms with Crippen molar-refractivity contribution in [2.45, 2.75) is 71.1 Å². The van der Waals surface area contributed by atoms with Crippen LogP contribution in [-0.4, -0.2) is 17.4 Å². The number of carbonyl (C=O) groups is 1. The summed E-state index contributed by atoms with van der Waals surface area (Å²) in [4.78, 5) is 10.5. The molecular weight excluding hydrogens is 230 g/mol. The van der Waals surface area contributed by atoms with E-state index in [1.165, 1.54) is 63.5 Å². The highest BCUT2D eigenvalue weighted by Crippen LogP contribution is 2.12. The Labute approximate surface area is 111 Å². The molecule has 0 saturated carbocycles. The predicted molar refractivity (Wildman–Crippen MR) is 78.4 cm³/mol. The quantitative estimate of drug-likeness (QED) is 0.505. The highest BCUT2D eigenvalue weighted by atomic mass is 32.2. The van der Waals surface area contributed by atoms with E-state index in [2.05, 4.69) is 6.92 Å². The van der Waals surface area contributed by atoms with E-state index in [1.807, 2.05) is 11.8 Å². The maximum absolute atomic E-state index is 10.5. The van der Waals surface area contributed by atoms with Crippen molar-refractivity contribution in [1.82, 2.24) is 0 Å². The molecule has 0 unspecified atom stereocenters. The van der Waals surface area contributed by atoms with Gasteiger partial charge in [-0.2, -0.15) is 11.8 Å². The number of hydrogen-bond acceptors (Lipinski definition) is 2. The van der Waals surface area contributed by atoms with Gasteiger partial charge in [0, 0.05) is 12.2 Å². The van der Waals surface area contributed by atoms with Crippen molar-refractivity contribution in [1.29, 1.82) is 0 Å². The molecule has 0 bridgehead atoms. The van der Waals surface area contributed by atoms with Crippen molar-refractivity contribution in [3.05, 3.63) is 0 Å². The van der Waals surface area contributed by atoms with E-state index in [4.69, 9.17) is 5.73 Å². The third-order valence-electron chi connectivity index (χ3n) is 2.89. The number of hydrogen-bond donors (Lipinski definition) is 1. The lowest BCUT2D eigenvalue weighted by Gasteiger charge is -2.02. The molecule has 0 aromatic heterocycles. The fraction of sp³-hybridized carbons (Fsp3) is 0.929. The molecule has 1 amide bonds. The topological polar surface area (TPSA) is 43.1 Å². The highest BCUT2D eigenvalue weighted by molar-refractivity contribution is 7.99. The van der Waals surface area contributed by atoms with Crippen molar-refractivity contribution in [2.24, 2.45) is 5.73 Å². The highest BCUT2D eigenvalue weighted by Gasteiger charge is 1.95. The van der Waals surface area contributed by atoms with Crippen LogP contribution in [0.4, 0.5) is 0 Å². The lowest BCUT2D eigenvalue weighted by atomic mass is 10.1. The van der Waals surface area contributed by atoms with E-state index in [9.17, 15) is 4.79 Å². The maximum Gasteiger partial charge on any atom is 0.218 e. The van der Waals surface area contributed by atoms with Crippen LogP contribution in [0, 0.1) is 0 Å². The minimum absolute atomic E-state index is 0.176. The van der Waals surface area contributed by atoms with Crippen LogP contribution in [-0.2, 0) is 4.79 Å². The summed E-state index contributed by atoms with van der Waals surface area (Å²) in [5.41, 5.74) is 5.07. The van der Waals surface area contributed by atoms with E-state index in [1.54, 1.807) is 0 Å². The fourth-order valence-corrected chi connectivity index (χ4v) is 2.75. The van der Waals surface area contributed by atoms with Gasteiger partial charge in [0.1, 0.15) is 0 Å². The standard InChI is InChI=1S/C14H29NOS/c1-2-3-4-5-6-7-8-9-10-12-17-13-11-14(15)16/h2-13H2,1H3,(H2,15,16). The molecule has 0 fully saturated rings. The van der Waals surface area contributed by atoms with E-state index in [0.717, 1.165) is 5.75 Å². The van der Waals surface area contributed by atoms with Crippen molar-refractivity contribution in [3.8, 4) is 0 Å². The molecule has 17 heavy (non-hydrogen) atoms. The van der Waals surface area contributed by atoms with Gasteiger partial charge in [-0.05, 0) is 12.2 Å². The predicted octanol–water partition coefficient (Wildman–Crippen LogP) is 4.13. The van der Waals surface area contributed by atoms with Gasteiger partial charge in [0.2, 0.25) is 5.91 Å². The number of primary amides is 1. The normalized spacial score (nSPS) is 10.6. The Morgan fingerprint density at radius 3 is 1.94 bits per heavy atom. The molecule has 0 aliphatic rings. The largest absolute Gasteiger partial charge is 0.370 e. The lowest BCUT2D eigenvalue weighted by molar-refractivity contribution is -0.117. The Balaban J connectivity index is 2.91. The number of amides is 1. The van der Waals surface area contributed by atoms with E-state index >= 15 is 0 Å². The minimum atomic E-state index is -0.176. The van der Waals surface area contributed by atoms with Crippen molar-refractivity contribution in [3.63, 3.8) is 0 Å². The van der Waals surface area contributed by atoms with Gasteiger partial charge in [-0.15, -0.1) is 0 Å². The van der Waals surface area contributed by atoms with Crippen LogP contribution in [0.25, 0.3) is 0 Å². The number of thioether (sulfide) groups is 1. The van der Waals surface area contributed by atoms with Crippen molar-refractivity contribution >= 4 is 17.7 Å². The summed E-state index contributed by atoms with van der Waals surface area (Å²) < 4.78 is 0. The second kappa shape index (κ2) is 13.9. The number of rotatable bonds is 13. The lowest BCUT2D eigenvalue weighted by Crippen LogP contribution is -2.11. The monoisotopic (exact) mass is 259 g/mol. The van der Waals surface area contributed by atoms with Gasteiger partial charge >= 0.3 is 0 Å². The zero-order valence-corrected chi connectivity index (χ0v) is 12.2. The smallest absolute Gasteiger partial charge is 0.218 e. The van der Waals surface area contributed by atoms with Gasteiger partial charge in [-0.1, -0.05) is 58.3 Å². The van der Waals surface area contributed by atoms with Crippen molar-refractivity contribution < 1.29 is 4.79 Å². The van der Waals surface area contributed by atoms with E-state index in [0.29, 0.717) is 6.42 Å². The summed E-state index contributed by atoms with van der Waals surface area (Å²) in [6, 6.07) is 0. The summed E-state index contributed by atoms with van der Waals surface area (Å²) in [6.45, 7) is 2.26. The second-order valence-electron chi connectivity index (χ2n) is 4.66. The Kier molecular flexibility index (Phi) is 13.7. The maximum atomic E-state index is 10.5. The molecule has 0 atom stereocenters. The molecule has 3 heteroatoms. The van der Waals surface area contributed by atoms with Gasteiger partial charge in [-0.25, -0.2) is 0 Å². The van der Waals surface area contributed by atoms with Crippen LogP contribution < -0.4 is 5.73 Å². The molecule has 0 aromatic rings. The van der Waals surface area contributed by atoms with Crippen LogP contribution in [0.5, 0.6) is 0 Å². The summed E-state index contributed by atoms with van der Waals surface area (Å²) in [6.07, 6.45) is 12.9. The Bertz CT molecular complexity index is 174. The Hall–Kier alpha value is -0.180. The van der Waals surface area contributed by atoms with Crippen LogP contribution in [0.2, 0.25) is 0 Å². The number of unbranched alkanes of at least 4 members (excludes halogenated alkanes) is 8. The summed E-state index contributed by atoms with van der Waals surface area (Å²) in [7, 11) is 0. The Morgan fingerprint density at radius 1 is 0.882 bits per heavy atom. The first-order chi connectivity index (χ1) is 8.27. The molecule has 0 aromatic carbocycles. The number of nitrogens with two attached hydrogens (primary N) is 1. The molecule has 0 saturated heterocycles. The third kappa shape index (κ3) is 15.8. The number of carbonyl (C=O) groups excluding carboxylic acids is 1. The van der Waals surface area contributed by atoms with Crippen LogP contribution in [0.15, 0.2) is 0 Å². The summed E-state index contributed by atoms with van der Waals surface area (Å²) in [5, 5.41) is 0. The van der Waals surface area contributed by atoms with Gasteiger partial charge in [-0.3, -0.25) is 4.79 Å². The van der Waals surface area contributed by atoms with Crippen LogP contribution in [0.1, 0.15) is 71.1 Å². The first kappa shape index (κ1) is 16.8. The minimum Gasteiger partial charge on any atom is -0.370 e. The molecule has 2 nitrogen and oxygen atoms in total. The zero-order valence-electron chi connectivity index (χ0n) is 11.4. The Morgan fingerprint density at radius 2 is 1.41 bits per heavy atom. The molecule has 0 spiro atoms. The second-order valence-corrected chi connectivity index (χ2v) is 5.88. The first-order valence-electron chi connectivity index (χ1n) is 7.13. The fourth-order valence-electron chi connectivity index (χ4n) is 1.79. The third-order valence-corrected chi connectivity index (χ3v) is 3.96. The van der Waals surface area contributed by atoms with Crippen molar-refractivity contribution in [2.75, 3.05) is 11.5 Å². The molecular formula is C14H29NOS. The molecule has 0 aliphatic heterocycles. The van der Waals surface area contributed by atoms with Crippen LogP contribution >= 0.6 is 11.8 Å². The summed E-state index contributed by atoms with van der Waals surface area (Å²) >= 11 is 1.86. The molecule has 0 heterocycles. The first-order valence-corrected chi connectivity index (χ1v) is 8.29. The average Bonchev–Trinajstić information content (AvgIpc) is 2.30. The van der Waals surface area contributed by atoms with Gasteiger partial charge in [0.25, 0.3) is 0 Å². The molecule has 0 radical (unpaired) electrons. The van der Waals surface area contributed by atoms with E-state index in [-0.39, 0.29) is 5.91 Å². The SMILES string of the molecule is CCCCCCCCCCCSCCC(N)=O. The molecule has 2 N–H and O–H groups in total. The molecule has 0 rings (SSSR count). The van der Waals surface area contributed by atoms with Gasteiger partial charge in [0.05, 0.1) is 0 Å². The zero-order chi connectivity index (χ0) is 12.8. The van der Waals surface area contributed by atoms with Crippen LogP contribution in [0.3, 0.4) is 0 Å². The van der Waals surface area contributed by atoms with Gasteiger partial charge < -0.3 is 5.73 Å². The summed E-state index contributed by atoms with van der Waals surface area (Å²) in [5.74, 6) is 1.90. The van der Waals surface area contributed by atoms with Gasteiger partial charge in [0.15, 0.2) is 0 Å². The average molecular weight is 259 g/mol. The molecule has 102 valence electrons.